The first-order valence-electron chi connectivity index (χ1n) is 10.7. The van der Waals surface area contributed by atoms with Gasteiger partial charge in [0.25, 0.3) is 0 Å². The molecule has 0 saturated carbocycles. The molecule has 0 aromatic heterocycles. The zero-order valence-electron chi connectivity index (χ0n) is 17.8. The Morgan fingerprint density at radius 2 is 2.00 bits per heavy atom. The van der Waals surface area contributed by atoms with E-state index < -0.39 is 0 Å². The van der Waals surface area contributed by atoms with E-state index in [1.54, 1.807) is 0 Å². The monoisotopic (exact) mass is 387 g/mol. The molecule has 0 spiro atoms. The molecule has 0 amide bonds. The molecule has 1 saturated heterocycles. The summed E-state index contributed by atoms with van der Waals surface area (Å²) < 4.78 is 5.92. The third kappa shape index (κ3) is 6.47. The van der Waals surface area contributed by atoms with Gasteiger partial charge in [0.1, 0.15) is 0 Å². The lowest BCUT2D eigenvalue weighted by molar-refractivity contribution is -0.0284. The van der Waals surface area contributed by atoms with Gasteiger partial charge in [0.15, 0.2) is 5.96 Å². The Morgan fingerprint density at radius 1 is 1.18 bits per heavy atom. The number of hydrogen-bond acceptors (Lipinski definition) is 4. The fourth-order valence-corrected chi connectivity index (χ4v) is 4.09. The molecule has 0 aliphatic carbocycles. The molecule has 1 aromatic carbocycles. The Hall–Kier alpha value is -1.63. The highest BCUT2D eigenvalue weighted by Crippen LogP contribution is 2.17. The van der Waals surface area contributed by atoms with E-state index in [4.69, 9.17) is 4.74 Å². The van der Waals surface area contributed by atoms with Crippen molar-refractivity contribution in [1.82, 2.24) is 20.4 Å². The van der Waals surface area contributed by atoms with Crippen molar-refractivity contribution in [1.29, 1.82) is 0 Å². The number of rotatable bonds is 7. The maximum atomic E-state index is 5.92. The molecule has 2 heterocycles. The van der Waals surface area contributed by atoms with Gasteiger partial charge in [0, 0.05) is 59.4 Å². The minimum absolute atomic E-state index is 0.227. The number of nitrogens with zero attached hydrogens (tertiary/aromatic N) is 3. The topological polar surface area (TPSA) is 52.1 Å². The maximum Gasteiger partial charge on any atom is 0.191 e. The summed E-state index contributed by atoms with van der Waals surface area (Å²) in [4.78, 5) is 9.38. The number of morpholine rings is 1. The molecule has 6 nitrogen and oxygen atoms in total. The van der Waals surface area contributed by atoms with Gasteiger partial charge in [0.2, 0.25) is 0 Å². The van der Waals surface area contributed by atoms with Gasteiger partial charge in [-0.15, -0.1) is 0 Å². The third-order valence-corrected chi connectivity index (χ3v) is 5.50. The van der Waals surface area contributed by atoms with Crippen LogP contribution in [0.15, 0.2) is 29.3 Å². The summed E-state index contributed by atoms with van der Waals surface area (Å²) in [6, 6.07) is 8.79. The molecule has 1 atom stereocenters. The molecule has 1 unspecified atom stereocenters. The maximum absolute atomic E-state index is 5.92. The minimum atomic E-state index is 0.227. The van der Waals surface area contributed by atoms with Crippen LogP contribution in [-0.2, 0) is 17.7 Å². The molecule has 6 heteroatoms. The fraction of sp³-hybridized carbons (Fsp3) is 0.682. The molecular formula is C22H37N5O. The summed E-state index contributed by atoms with van der Waals surface area (Å²) in [5, 5.41) is 6.89. The van der Waals surface area contributed by atoms with Crippen molar-refractivity contribution in [2.24, 2.45) is 10.9 Å². The van der Waals surface area contributed by atoms with Crippen molar-refractivity contribution < 1.29 is 4.74 Å². The second-order valence-corrected chi connectivity index (χ2v) is 8.32. The number of fused-ring (bicyclic) bond motifs is 1. The summed E-state index contributed by atoms with van der Waals surface area (Å²) in [6.07, 6.45) is 1.37. The van der Waals surface area contributed by atoms with Crippen LogP contribution in [0.2, 0.25) is 0 Å². The minimum Gasteiger partial charge on any atom is -0.374 e. The van der Waals surface area contributed by atoms with E-state index in [0.717, 1.165) is 71.3 Å². The van der Waals surface area contributed by atoms with Crippen LogP contribution in [0, 0.1) is 5.92 Å². The van der Waals surface area contributed by atoms with E-state index >= 15 is 0 Å². The summed E-state index contributed by atoms with van der Waals surface area (Å²) in [5.41, 5.74) is 2.97. The fourth-order valence-electron chi connectivity index (χ4n) is 4.09. The van der Waals surface area contributed by atoms with Crippen LogP contribution < -0.4 is 10.6 Å². The molecule has 1 fully saturated rings. The predicted octanol–water partition coefficient (Wildman–Crippen LogP) is 1.57. The molecule has 2 aliphatic rings. The first kappa shape index (κ1) is 21.1. The zero-order chi connectivity index (χ0) is 19.8. The number of benzene rings is 1. The first-order chi connectivity index (χ1) is 13.6. The number of guanidine groups is 1. The van der Waals surface area contributed by atoms with E-state index in [1.165, 1.54) is 11.1 Å². The Morgan fingerprint density at radius 3 is 2.79 bits per heavy atom. The van der Waals surface area contributed by atoms with E-state index in [2.05, 4.69) is 63.5 Å². The summed E-state index contributed by atoms with van der Waals surface area (Å²) in [5.74, 6) is 1.56. The van der Waals surface area contributed by atoms with E-state index in [0.29, 0.717) is 5.92 Å². The predicted molar refractivity (Wildman–Crippen MR) is 116 cm³/mol. The van der Waals surface area contributed by atoms with Crippen molar-refractivity contribution >= 4 is 5.96 Å². The van der Waals surface area contributed by atoms with Crippen molar-refractivity contribution in [3.63, 3.8) is 0 Å². The van der Waals surface area contributed by atoms with Gasteiger partial charge in [-0.1, -0.05) is 38.1 Å². The van der Waals surface area contributed by atoms with E-state index in [9.17, 15) is 0 Å². The van der Waals surface area contributed by atoms with Crippen LogP contribution in [0.1, 0.15) is 25.0 Å². The number of nitrogens with one attached hydrogen (secondary N) is 2. The van der Waals surface area contributed by atoms with Crippen LogP contribution in [0.4, 0.5) is 0 Å². The van der Waals surface area contributed by atoms with Gasteiger partial charge in [-0.2, -0.15) is 0 Å². The number of aliphatic imine (C=N–C) groups is 1. The second kappa shape index (κ2) is 10.8. The van der Waals surface area contributed by atoms with Gasteiger partial charge in [-0.25, -0.2) is 0 Å². The van der Waals surface area contributed by atoms with Crippen LogP contribution >= 0.6 is 0 Å². The lowest BCUT2D eigenvalue weighted by atomic mass is 10.00. The van der Waals surface area contributed by atoms with Crippen LogP contribution in [-0.4, -0.2) is 81.3 Å². The van der Waals surface area contributed by atoms with Crippen molar-refractivity contribution in [2.75, 3.05) is 59.5 Å². The SMILES string of the molecule is CN=C(NCCN1CCc2ccccc2C1)NCC1CN(CC(C)C)CCO1. The highest BCUT2D eigenvalue weighted by atomic mass is 16.5. The number of hydrogen-bond donors (Lipinski definition) is 2. The summed E-state index contributed by atoms with van der Waals surface area (Å²) in [7, 11) is 1.83. The Bertz CT molecular complexity index is 633. The quantitative estimate of drug-likeness (QED) is 0.549. The highest BCUT2D eigenvalue weighted by molar-refractivity contribution is 5.79. The smallest absolute Gasteiger partial charge is 0.191 e. The van der Waals surface area contributed by atoms with Gasteiger partial charge in [-0.3, -0.25) is 14.8 Å². The molecule has 3 rings (SSSR count). The second-order valence-electron chi connectivity index (χ2n) is 8.32. The Kier molecular flexibility index (Phi) is 8.13. The largest absolute Gasteiger partial charge is 0.374 e. The molecule has 0 bridgehead atoms. The average molecular weight is 388 g/mol. The zero-order valence-corrected chi connectivity index (χ0v) is 17.8. The van der Waals surface area contributed by atoms with Crippen molar-refractivity contribution in [3.8, 4) is 0 Å². The van der Waals surface area contributed by atoms with Crippen LogP contribution in [0.5, 0.6) is 0 Å². The van der Waals surface area contributed by atoms with Gasteiger partial charge < -0.3 is 15.4 Å². The van der Waals surface area contributed by atoms with Gasteiger partial charge in [0.05, 0.1) is 12.7 Å². The summed E-state index contributed by atoms with van der Waals surface area (Å²) >= 11 is 0. The number of ether oxygens (including phenoxy) is 1. The molecule has 2 N–H and O–H groups in total. The van der Waals surface area contributed by atoms with Crippen molar-refractivity contribution in [2.45, 2.75) is 32.9 Å². The third-order valence-electron chi connectivity index (χ3n) is 5.50. The molecule has 0 radical (unpaired) electrons. The normalized spacial score (nSPS) is 21.6. The lowest BCUT2D eigenvalue weighted by Crippen LogP contribution is -2.50. The van der Waals surface area contributed by atoms with Crippen molar-refractivity contribution in [3.05, 3.63) is 35.4 Å². The van der Waals surface area contributed by atoms with Crippen LogP contribution in [0.3, 0.4) is 0 Å². The highest BCUT2D eigenvalue weighted by Gasteiger charge is 2.21. The lowest BCUT2D eigenvalue weighted by Gasteiger charge is -2.34. The molecule has 156 valence electrons. The molecule has 1 aromatic rings. The average Bonchev–Trinajstić information content (AvgIpc) is 2.70. The molecular weight excluding hydrogens is 350 g/mol. The van der Waals surface area contributed by atoms with Crippen LogP contribution in [0.25, 0.3) is 0 Å². The molecule has 28 heavy (non-hydrogen) atoms. The summed E-state index contributed by atoms with van der Waals surface area (Å²) in [6.45, 7) is 13.4. The first-order valence-corrected chi connectivity index (χ1v) is 10.7. The van der Waals surface area contributed by atoms with E-state index in [1.807, 2.05) is 7.05 Å². The Balaban J connectivity index is 1.35. The standard InChI is InChI=1S/C22H37N5O/c1-18(2)15-27-12-13-28-21(17-27)14-25-22(23-3)24-9-11-26-10-8-19-6-4-5-7-20(19)16-26/h4-7,18,21H,8-17H2,1-3H3,(H2,23,24,25). The van der Waals surface area contributed by atoms with Gasteiger partial charge >= 0.3 is 0 Å². The van der Waals surface area contributed by atoms with Gasteiger partial charge in [-0.05, 0) is 23.5 Å². The Labute approximate surface area is 170 Å². The molecule has 2 aliphatic heterocycles. The van der Waals surface area contributed by atoms with E-state index in [-0.39, 0.29) is 6.10 Å².